The Morgan fingerprint density at radius 2 is 1.83 bits per heavy atom. The van der Waals surface area contributed by atoms with E-state index in [0.29, 0.717) is 23.6 Å². The Labute approximate surface area is 144 Å². The number of nitrogens with one attached hydrogen (secondary N) is 1. The lowest BCUT2D eigenvalue weighted by Gasteiger charge is -2.30. The van der Waals surface area contributed by atoms with Crippen molar-refractivity contribution in [3.05, 3.63) is 64.4 Å². The van der Waals surface area contributed by atoms with Crippen molar-refractivity contribution >= 4 is 17.5 Å². The van der Waals surface area contributed by atoms with Gasteiger partial charge in [0.05, 0.1) is 5.56 Å². The van der Waals surface area contributed by atoms with Gasteiger partial charge in [0.15, 0.2) is 0 Å². The van der Waals surface area contributed by atoms with Gasteiger partial charge in [0.25, 0.3) is 5.91 Å². The standard InChI is InChI=1S/C18H17ClF2N2O/c19-15-7-6-12(10-22-15)17(24)23-11-18(8-1-2-9-18)16-13(20)4-3-5-14(16)21/h3-7,10H,1-2,8-9,11H2,(H,23,24). The third-order valence-electron chi connectivity index (χ3n) is 4.63. The number of nitrogens with zero attached hydrogens (tertiary/aromatic N) is 1. The summed E-state index contributed by atoms with van der Waals surface area (Å²) in [5, 5.41) is 3.10. The van der Waals surface area contributed by atoms with Gasteiger partial charge in [-0.25, -0.2) is 13.8 Å². The second-order valence-electron chi connectivity index (χ2n) is 6.14. The van der Waals surface area contributed by atoms with Gasteiger partial charge in [-0.1, -0.05) is 30.5 Å². The van der Waals surface area contributed by atoms with Crippen molar-refractivity contribution in [3.63, 3.8) is 0 Å². The molecule has 1 aliphatic rings. The maximum absolute atomic E-state index is 14.3. The van der Waals surface area contributed by atoms with E-state index in [-0.39, 0.29) is 18.0 Å². The average molecular weight is 351 g/mol. The zero-order chi connectivity index (χ0) is 17.2. The van der Waals surface area contributed by atoms with Crippen molar-refractivity contribution in [1.82, 2.24) is 10.3 Å². The number of carbonyl (C=O) groups is 1. The molecule has 1 N–H and O–H groups in total. The topological polar surface area (TPSA) is 42.0 Å². The molecule has 0 bridgehead atoms. The smallest absolute Gasteiger partial charge is 0.252 e. The zero-order valence-electron chi connectivity index (χ0n) is 13.0. The van der Waals surface area contributed by atoms with Crippen molar-refractivity contribution in [1.29, 1.82) is 0 Å². The van der Waals surface area contributed by atoms with Crippen LogP contribution in [0.1, 0.15) is 41.6 Å². The van der Waals surface area contributed by atoms with Crippen LogP contribution in [0, 0.1) is 11.6 Å². The van der Waals surface area contributed by atoms with E-state index >= 15 is 0 Å². The van der Waals surface area contributed by atoms with E-state index in [2.05, 4.69) is 10.3 Å². The number of hydrogen-bond donors (Lipinski definition) is 1. The first-order valence-electron chi connectivity index (χ1n) is 7.86. The molecular formula is C18H17ClF2N2O. The van der Waals surface area contributed by atoms with Crippen molar-refractivity contribution in [2.24, 2.45) is 0 Å². The van der Waals surface area contributed by atoms with Crippen LogP contribution in [0.3, 0.4) is 0 Å². The summed E-state index contributed by atoms with van der Waals surface area (Å²) >= 11 is 5.71. The third kappa shape index (κ3) is 3.26. The van der Waals surface area contributed by atoms with Gasteiger partial charge in [0, 0.05) is 23.7 Å². The highest BCUT2D eigenvalue weighted by Crippen LogP contribution is 2.42. The number of halogens is 3. The van der Waals surface area contributed by atoms with Gasteiger partial charge in [-0.3, -0.25) is 4.79 Å². The number of pyridine rings is 1. The van der Waals surface area contributed by atoms with Crippen LogP contribution < -0.4 is 5.32 Å². The number of rotatable bonds is 4. The van der Waals surface area contributed by atoms with Crippen LogP contribution in [0.4, 0.5) is 8.78 Å². The normalized spacial score (nSPS) is 16.1. The predicted molar refractivity (Wildman–Crippen MR) is 88.1 cm³/mol. The summed E-state index contributed by atoms with van der Waals surface area (Å²) in [6.07, 6.45) is 4.43. The highest BCUT2D eigenvalue weighted by molar-refractivity contribution is 6.29. The summed E-state index contributed by atoms with van der Waals surface area (Å²) < 4.78 is 28.5. The van der Waals surface area contributed by atoms with Gasteiger partial charge in [0.1, 0.15) is 16.8 Å². The molecule has 2 aromatic rings. The summed E-state index contributed by atoms with van der Waals surface area (Å²) in [5.74, 6) is -1.44. The molecule has 1 aromatic heterocycles. The minimum Gasteiger partial charge on any atom is -0.351 e. The van der Waals surface area contributed by atoms with E-state index < -0.39 is 17.0 Å². The van der Waals surface area contributed by atoms with E-state index in [1.165, 1.54) is 30.5 Å². The molecule has 0 unspecified atom stereocenters. The van der Waals surface area contributed by atoms with Gasteiger partial charge >= 0.3 is 0 Å². The van der Waals surface area contributed by atoms with Gasteiger partial charge in [0.2, 0.25) is 0 Å². The van der Waals surface area contributed by atoms with Gasteiger partial charge in [-0.2, -0.15) is 0 Å². The molecule has 24 heavy (non-hydrogen) atoms. The first-order valence-corrected chi connectivity index (χ1v) is 8.24. The Morgan fingerprint density at radius 1 is 1.17 bits per heavy atom. The Morgan fingerprint density at radius 3 is 2.42 bits per heavy atom. The van der Waals surface area contributed by atoms with E-state index in [1.54, 1.807) is 6.07 Å². The molecule has 3 nitrogen and oxygen atoms in total. The lowest BCUT2D eigenvalue weighted by Crippen LogP contribution is -2.40. The van der Waals surface area contributed by atoms with Crippen molar-refractivity contribution < 1.29 is 13.6 Å². The van der Waals surface area contributed by atoms with Gasteiger partial charge in [-0.05, 0) is 37.1 Å². The van der Waals surface area contributed by atoms with E-state index in [9.17, 15) is 13.6 Å². The molecule has 1 saturated carbocycles. The average Bonchev–Trinajstić information content (AvgIpc) is 3.03. The largest absolute Gasteiger partial charge is 0.351 e. The van der Waals surface area contributed by atoms with Crippen LogP contribution in [0.2, 0.25) is 5.15 Å². The number of benzene rings is 1. The van der Waals surface area contributed by atoms with Crippen LogP contribution in [-0.4, -0.2) is 17.4 Å². The predicted octanol–water partition coefficient (Wildman–Crippen LogP) is 4.26. The van der Waals surface area contributed by atoms with Gasteiger partial charge in [-0.15, -0.1) is 0 Å². The molecule has 0 aliphatic heterocycles. The molecule has 1 amide bonds. The fourth-order valence-corrected chi connectivity index (χ4v) is 3.54. The quantitative estimate of drug-likeness (QED) is 0.837. The first-order chi connectivity index (χ1) is 11.5. The summed E-state index contributed by atoms with van der Waals surface area (Å²) in [5.41, 5.74) is -0.260. The van der Waals surface area contributed by atoms with E-state index in [1.807, 2.05) is 0 Å². The second kappa shape index (κ2) is 6.85. The molecule has 126 valence electrons. The molecule has 0 spiro atoms. The maximum atomic E-state index is 14.3. The second-order valence-corrected chi connectivity index (χ2v) is 6.52. The Kier molecular flexibility index (Phi) is 4.81. The van der Waals surface area contributed by atoms with Crippen LogP contribution in [-0.2, 0) is 5.41 Å². The van der Waals surface area contributed by atoms with Crippen LogP contribution in [0.5, 0.6) is 0 Å². The molecule has 0 saturated heterocycles. The molecule has 1 heterocycles. The number of aromatic nitrogens is 1. The first kappa shape index (κ1) is 16.8. The van der Waals surface area contributed by atoms with Gasteiger partial charge < -0.3 is 5.32 Å². The Hall–Kier alpha value is -2.01. The molecule has 1 aliphatic carbocycles. The molecule has 0 atom stereocenters. The highest BCUT2D eigenvalue weighted by Gasteiger charge is 2.40. The number of hydrogen-bond acceptors (Lipinski definition) is 2. The Balaban J connectivity index is 1.82. The molecular weight excluding hydrogens is 334 g/mol. The zero-order valence-corrected chi connectivity index (χ0v) is 13.7. The minimum atomic E-state index is -0.703. The summed E-state index contributed by atoms with van der Waals surface area (Å²) in [6.45, 7) is 0.187. The highest BCUT2D eigenvalue weighted by atomic mass is 35.5. The molecule has 3 rings (SSSR count). The summed E-state index contributed by atoms with van der Waals surface area (Å²) in [7, 11) is 0. The maximum Gasteiger partial charge on any atom is 0.252 e. The SMILES string of the molecule is O=C(NCC1(c2c(F)cccc2F)CCCC1)c1ccc(Cl)nc1. The fraction of sp³-hybridized carbons (Fsp3) is 0.333. The monoisotopic (exact) mass is 350 g/mol. The molecule has 6 heteroatoms. The van der Waals surface area contributed by atoms with Crippen molar-refractivity contribution in [2.75, 3.05) is 6.54 Å². The van der Waals surface area contributed by atoms with Crippen LogP contribution in [0.25, 0.3) is 0 Å². The lowest BCUT2D eigenvalue weighted by molar-refractivity contribution is 0.0941. The van der Waals surface area contributed by atoms with Crippen molar-refractivity contribution in [3.8, 4) is 0 Å². The number of carbonyl (C=O) groups excluding carboxylic acids is 1. The summed E-state index contributed by atoms with van der Waals surface area (Å²) in [4.78, 5) is 16.1. The minimum absolute atomic E-state index is 0.0806. The third-order valence-corrected chi connectivity index (χ3v) is 4.85. The van der Waals surface area contributed by atoms with Crippen LogP contribution in [0.15, 0.2) is 36.5 Å². The number of amides is 1. The van der Waals surface area contributed by atoms with Crippen LogP contribution >= 0.6 is 11.6 Å². The van der Waals surface area contributed by atoms with E-state index in [0.717, 1.165) is 12.8 Å². The summed E-state index contributed by atoms with van der Waals surface area (Å²) in [6, 6.07) is 6.98. The molecule has 1 fully saturated rings. The Bertz CT molecular complexity index is 723. The molecule has 0 radical (unpaired) electrons. The molecule has 1 aromatic carbocycles. The fourth-order valence-electron chi connectivity index (χ4n) is 3.43. The van der Waals surface area contributed by atoms with E-state index in [4.69, 9.17) is 11.6 Å². The van der Waals surface area contributed by atoms with Crippen molar-refractivity contribution in [2.45, 2.75) is 31.1 Å². The lowest BCUT2D eigenvalue weighted by atomic mass is 9.78.